The zero-order valence-corrected chi connectivity index (χ0v) is 15.8. The van der Waals surface area contributed by atoms with Crippen LogP contribution in [-0.4, -0.2) is 16.2 Å². The van der Waals surface area contributed by atoms with Gasteiger partial charge in [0.25, 0.3) is 0 Å². The van der Waals surface area contributed by atoms with E-state index in [4.69, 9.17) is 0 Å². The van der Waals surface area contributed by atoms with Crippen molar-refractivity contribution in [3.05, 3.63) is 46.6 Å². The maximum atomic E-state index is 11.3. The molecule has 0 amide bonds. The normalized spacial score (nSPS) is 10.5. The van der Waals surface area contributed by atoms with E-state index in [1.54, 1.807) is 18.2 Å². The van der Waals surface area contributed by atoms with E-state index in [1.165, 1.54) is 0 Å². The van der Waals surface area contributed by atoms with E-state index < -0.39 is 5.97 Å². The smallest absolute Gasteiger partial charge is 0.337 e. The molecule has 0 saturated carbocycles. The summed E-state index contributed by atoms with van der Waals surface area (Å²) in [7, 11) is 0. The minimum Gasteiger partial charge on any atom is -0.507 e. The number of rotatable bonds is 2. The Bertz CT molecular complexity index is 668. The van der Waals surface area contributed by atoms with Gasteiger partial charge in [0.2, 0.25) is 0 Å². The van der Waals surface area contributed by atoms with Crippen molar-refractivity contribution in [2.24, 2.45) is 0 Å². The number of carboxylic acids is 1. The molecular formula is C13H7I3O3. The van der Waals surface area contributed by atoms with Gasteiger partial charge in [-0.1, -0.05) is 18.2 Å². The molecule has 0 bridgehead atoms. The number of benzene rings is 2. The van der Waals surface area contributed by atoms with Crippen molar-refractivity contribution in [3.8, 4) is 16.9 Å². The monoisotopic (exact) mass is 592 g/mol. The van der Waals surface area contributed by atoms with Crippen LogP contribution in [-0.2, 0) is 0 Å². The Morgan fingerprint density at radius 3 is 2.26 bits per heavy atom. The Morgan fingerprint density at radius 1 is 1.05 bits per heavy atom. The summed E-state index contributed by atoms with van der Waals surface area (Å²) in [6.07, 6.45) is 0. The first-order valence-electron chi connectivity index (χ1n) is 5.12. The fraction of sp³-hybridized carbons (Fsp3) is 0. The molecule has 0 radical (unpaired) electrons. The number of para-hydroxylation sites is 1. The number of hydrogen-bond donors (Lipinski definition) is 2. The van der Waals surface area contributed by atoms with Gasteiger partial charge >= 0.3 is 5.97 Å². The highest BCUT2D eigenvalue weighted by Gasteiger charge is 2.21. The van der Waals surface area contributed by atoms with E-state index in [0.717, 1.165) is 9.13 Å². The summed E-state index contributed by atoms with van der Waals surface area (Å²) in [5.41, 5.74) is 1.69. The quantitative estimate of drug-likeness (QED) is 0.503. The summed E-state index contributed by atoms with van der Waals surface area (Å²) >= 11 is 6.20. The molecule has 3 nitrogen and oxygen atoms in total. The number of halogens is 3. The molecule has 0 unspecified atom stereocenters. The number of carbonyl (C=O) groups is 1. The summed E-state index contributed by atoms with van der Waals surface area (Å²) in [4.78, 5) is 11.3. The summed E-state index contributed by atoms with van der Waals surface area (Å²) in [6.45, 7) is 0. The average Bonchev–Trinajstić information content (AvgIpc) is 2.30. The van der Waals surface area contributed by atoms with Gasteiger partial charge in [0.1, 0.15) is 5.75 Å². The van der Waals surface area contributed by atoms with Crippen molar-refractivity contribution in [3.63, 3.8) is 0 Å². The van der Waals surface area contributed by atoms with Gasteiger partial charge in [0, 0.05) is 21.8 Å². The summed E-state index contributed by atoms with van der Waals surface area (Å²) < 4.78 is 2.25. The fourth-order valence-corrected chi connectivity index (χ4v) is 6.13. The Hall–Kier alpha value is -0.100. The van der Waals surface area contributed by atoms with Crippen LogP contribution in [0.2, 0.25) is 0 Å². The molecule has 98 valence electrons. The molecule has 2 aromatic carbocycles. The van der Waals surface area contributed by atoms with Crippen LogP contribution < -0.4 is 0 Å². The number of hydrogen-bond acceptors (Lipinski definition) is 2. The molecule has 2 aromatic rings. The van der Waals surface area contributed by atoms with Gasteiger partial charge in [0.05, 0.1) is 5.56 Å². The minimum atomic E-state index is -0.957. The van der Waals surface area contributed by atoms with Crippen LogP contribution in [0.4, 0.5) is 0 Å². The van der Waals surface area contributed by atoms with Crippen LogP contribution in [0.15, 0.2) is 30.3 Å². The highest BCUT2D eigenvalue weighted by Crippen LogP contribution is 2.38. The van der Waals surface area contributed by atoms with Crippen molar-refractivity contribution in [1.29, 1.82) is 0 Å². The molecule has 2 N–H and O–H groups in total. The van der Waals surface area contributed by atoms with E-state index in [9.17, 15) is 15.0 Å². The molecule has 0 aliphatic rings. The lowest BCUT2D eigenvalue weighted by Gasteiger charge is -2.13. The molecule has 2 rings (SSSR count). The number of aromatic hydroxyl groups is 1. The van der Waals surface area contributed by atoms with Gasteiger partial charge in [-0.25, -0.2) is 4.79 Å². The Kier molecular flexibility index (Phi) is 4.93. The van der Waals surface area contributed by atoms with Gasteiger partial charge in [-0.3, -0.25) is 0 Å². The van der Waals surface area contributed by atoms with Crippen LogP contribution in [0.3, 0.4) is 0 Å². The highest BCUT2D eigenvalue weighted by atomic mass is 127. The molecule has 0 spiro atoms. The third kappa shape index (κ3) is 2.99. The predicted molar refractivity (Wildman–Crippen MR) is 98.7 cm³/mol. The molecule has 19 heavy (non-hydrogen) atoms. The number of carboxylic acid groups (broad SMARTS) is 1. The molecule has 0 fully saturated rings. The lowest BCUT2D eigenvalue weighted by atomic mass is 10.0. The lowest BCUT2D eigenvalue weighted by Crippen LogP contribution is -2.06. The first-order valence-corrected chi connectivity index (χ1v) is 8.36. The first kappa shape index (κ1) is 15.3. The Morgan fingerprint density at radius 2 is 1.68 bits per heavy atom. The van der Waals surface area contributed by atoms with Crippen molar-refractivity contribution >= 4 is 73.7 Å². The number of aromatic carboxylic acids is 1. The third-order valence-electron chi connectivity index (χ3n) is 2.56. The standard InChI is InChI=1S/C13H7I3O3/c14-7-5-8(15)11(13(18)19)12(16)10(7)6-3-1-2-4-9(6)17/h1-5,17H,(H,18,19). The number of phenolic OH excluding ortho intramolecular Hbond substituents is 1. The lowest BCUT2D eigenvalue weighted by molar-refractivity contribution is 0.0694. The van der Waals surface area contributed by atoms with E-state index in [-0.39, 0.29) is 11.3 Å². The second-order valence-corrected chi connectivity index (χ2v) is 7.13. The molecule has 6 heteroatoms. The van der Waals surface area contributed by atoms with Crippen molar-refractivity contribution in [2.45, 2.75) is 0 Å². The van der Waals surface area contributed by atoms with Crippen LogP contribution in [0, 0.1) is 10.7 Å². The fourth-order valence-electron chi connectivity index (χ4n) is 1.72. The molecule has 0 heterocycles. The van der Waals surface area contributed by atoms with Crippen molar-refractivity contribution in [2.75, 3.05) is 0 Å². The van der Waals surface area contributed by atoms with Gasteiger partial charge in [0.15, 0.2) is 0 Å². The second kappa shape index (κ2) is 6.12. The van der Waals surface area contributed by atoms with Crippen LogP contribution in [0.1, 0.15) is 10.4 Å². The van der Waals surface area contributed by atoms with Crippen LogP contribution in [0.25, 0.3) is 11.1 Å². The zero-order chi connectivity index (χ0) is 14.2. The summed E-state index contributed by atoms with van der Waals surface area (Å²) in [5.74, 6) is -0.808. The van der Waals surface area contributed by atoms with Gasteiger partial charge in [-0.05, 0) is 79.9 Å². The van der Waals surface area contributed by atoms with Crippen molar-refractivity contribution in [1.82, 2.24) is 0 Å². The van der Waals surface area contributed by atoms with Crippen LogP contribution in [0.5, 0.6) is 5.75 Å². The predicted octanol–water partition coefficient (Wildman–Crippen LogP) is 4.57. The minimum absolute atomic E-state index is 0.149. The van der Waals surface area contributed by atoms with E-state index in [0.29, 0.717) is 12.7 Å². The van der Waals surface area contributed by atoms with Gasteiger partial charge in [-0.15, -0.1) is 0 Å². The van der Waals surface area contributed by atoms with E-state index in [1.807, 2.05) is 57.3 Å². The average molecular weight is 592 g/mol. The summed E-state index contributed by atoms with van der Waals surface area (Å²) in [6, 6.07) is 8.75. The second-order valence-electron chi connectivity index (χ2n) is 3.73. The van der Waals surface area contributed by atoms with Gasteiger partial charge < -0.3 is 10.2 Å². The molecule has 0 saturated heterocycles. The summed E-state index contributed by atoms with van der Waals surface area (Å²) in [5, 5.41) is 19.3. The van der Waals surface area contributed by atoms with Crippen LogP contribution >= 0.6 is 67.8 Å². The van der Waals surface area contributed by atoms with Crippen molar-refractivity contribution < 1.29 is 15.0 Å². The zero-order valence-electron chi connectivity index (χ0n) is 9.32. The molecule has 0 atom stereocenters. The molecule has 0 aliphatic heterocycles. The molecular weight excluding hydrogens is 585 g/mol. The molecule has 0 aromatic heterocycles. The maximum absolute atomic E-state index is 11.3. The molecule has 0 aliphatic carbocycles. The Balaban J connectivity index is 2.82. The van der Waals surface area contributed by atoms with Gasteiger partial charge in [-0.2, -0.15) is 0 Å². The maximum Gasteiger partial charge on any atom is 0.337 e. The third-order valence-corrected chi connectivity index (χ3v) is 5.34. The first-order chi connectivity index (χ1) is 8.93. The van der Waals surface area contributed by atoms with E-state index >= 15 is 0 Å². The topological polar surface area (TPSA) is 57.5 Å². The Labute approximate surface area is 150 Å². The number of phenols is 1. The largest absolute Gasteiger partial charge is 0.507 e. The van der Waals surface area contributed by atoms with E-state index in [2.05, 4.69) is 22.6 Å². The highest BCUT2D eigenvalue weighted by molar-refractivity contribution is 14.1. The SMILES string of the molecule is O=C(O)c1c(I)cc(I)c(-c2ccccc2O)c1I.